The van der Waals surface area contributed by atoms with Gasteiger partial charge in [0, 0.05) is 33.1 Å². The van der Waals surface area contributed by atoms with Crippen molar-refractivity contribution in [3.63, 3.8) is 0 Å². The fourth-order valence-electron chi connectivity index (χ4n) is 0.296. The molecule has 0 aromatic heterocycles. The van der Waals surface area contributed by atoms with E-state index in [0.29, 0.717) is 6.42 Å². The summed E-state index contributed by atoms with van der Waals surface area (Å²) in [5.41, 5.74) is 0. The molecule has 0 spiro atoms. The van der Waals surface area contributed by atoms with Crippen LogP contribution in [0.15, 0.2) is 12.7 Å². The molecule has 0 saturated heterocycles. The number of hydrogen-bond donors (Lipinski definition) is 2. The van der Waals surface area contributed by atoms with Gasteiger partial charge in [-0.25, -0.2) is 4.79 Å². The van der Waals surface area contributed by atoms with E-state index in [-0.39, 0.29) is 19.1 Å². The smallest absolute Gasteiger partial charge is 0.330 e. The molecule has 0 fully saturated rings. The zero-order valence-corrected chi connectivity index (χ0v) is 8.58. The van der Waals surface area contributed by atoms with Gasteiger partial charge in [0.2, 0.25) is 5.91 Å². The highest BCUT2D eigenvalue weighted by Crippen LogP contribution is 1.82. The lowest BCUT2D eigenvalue weighted by Gasteiger charge is -1.96. The number of rotatable bonds is 4. The summed E-state index contributed by atoms with van der Waals surface area (Å²) in [7, 11) is 1.60. The Labute approximate surface area is 83.8 Å². The Hall–Kier alpha value is -1.36. The van der Waals surface area contributed by atoms with Gasteiger partial charge < -0.3 is 15.2 Å². The summed E-state index contributed by atoms with van der Waals surface area (Å²) in [6, 6.07) is 0. The lowest BCUT2D eigenvalue weighted by molar-refractivity contribution is -0.138. The van der Waals surface area contributed by atoms with Crippen molar-refractivity contribution in [3.8, 4) is 0 Å². The first-order chi connectivity index (χ1) is 6.58. The molecule has 0 unspecified atom stereocenters. The first kappa shape index (κ1) is 15.1. The van der Waals surface area contributed by atoms with Crippen LogP contribution in [-0.4, -0.2) is 37.2 Å². The van der Waals surface area contributed by atoms with Crippen LogP contribution in [0.4, 0.5) is 0 Å². The molecule has 0 aliphatic heterocycles. The predicted octanol–water partition coefficient (Wildman–Crippen LogP) is -0.150. The summed E-state index contributed by atoms with van der Waals surface area (Å²) in [4.78, 5) is 20.0. The highest BCUT2D eigenvalue weighted by atomic mass is 16.5. The maximum absolute atomic E-state index is 10.3. The SMILES string of the molecule is C=CC(=O)OCCCO.CNC(C)=O. The first-order valence-corrected chi connectivity index (χ1v) is 4.16. The summed E-state index contributed by atoms with van der Waals surface area (Å²) in [6.07, 6.45) is 1.58. The van der Waals surface area contributed by atoms with E-state index in [4.69, 9.17) is 5.11 Å². The van der Waals surface area contributed by atoms with Crippen LogP contribution in [-0.2, 0) is 14.3 Å². The van der Waals surface area contributed by atoms with Gasteiger partial charge in [-0.3, -0.25) is 4.79 Å². The van der Waals surface area contributed by atoms with Gasteiger partial charge in [0.25, 0.3) is 0 Å². The van der Waals surface area contributed by atoms with E-state index in [1.165, 1.54) is 6.92 Å². The van der Waals surface area contributed by atoms with Crippen molar-refractivity contribution in [2.45, 2.75) is 13.3 Å². The van der Waals surface area contributed by atoms with E-state index in [2.05, 4.69) is 16.6 Å². The van der Waals surface area contributed by atoms with Gasteiger partial charge >= 0.3 is 5.97 Å². The highest BCUT2D eigenvalue weighted by molar-refractivity contribution is 5.81. The van der Waals surface area contributed by atoms with Gasteiger partial charge in [-0.05, 0) is 0 Å². The van der Waals surface area contributed by atoms with Gasteiger partial charge in [0.15, 0.2) is 0 Å². The van der Waals surface area contributed by atoms with E-state index in [0.717, 1.165) is 6.08 Å². The maximum atomic E-state index is 10.3. The standard InChI is InChI=1S/C6H10O3.C3H7NO/c1-2-6(8)9-5-3-4-7;1-3(5)4-2/h2,7H,1,3-5H2;1-2H3,(H,4,5). The van der Waals surface area contributed by atoms with Crippen molar-refractivity contribution in [2.75, 3.05) is 20.3 Å². The van der Waals surface area contributed by atoms with Gasteiger partial charge in [0.1, 0.15) is 0 Å². The molecule has 0 aliphatic carbocycles. The number of amides is 1. The average Bonchev–Trinajstić information content (AvgIpc) is 2.19. The predicted molar refractivity (Wildman–Crippen MR) is 52.6 cm³/mol. The van der Waals surface area contributed by atoms with E-state index in [9.17, 15) is 9.59 Å². The van der Waals surface area contributed by atoms with Crippen molar-refractivity contribution in [1.82, 2.24) is 5.32 Å². The molecule has 2 N–H and O–H groups in total. The third-order valence-electron chi connectivity index (χ3n) is 1.07. The molecule has 0 rings (SSSR count). The number of esters is 1. The molecule has 0 aromatic rings. The van der Waals surface area contributed by atoms with Crippen molar-refractivity contribution in [1.29, 1.82) is 0 Å². The van der Waals surface area contributed by atoms with Crippen molar-refractivity contribution in [2.24, 2.45) is 0 Å². The Balaban J connectivity index is 0. The lowest BCUT2D eigenvalue weighted by Crippen LogP contribution is -2.11. The molecule has 0 heterocycles. The highest BCUT2D eigenvalue weighted by Gasteiger charge is 1.91. The summed E-state index contributed by atoms with van der Waals surface area (Å²) in [6.45, 7) is 4.99. The first-order valence-electron chi connectivity index (χ1n) is 4.16. The van der Waals surface area contributed by atoms with Crippen molar-refractivity contribution in [3.05, 3.63) is 12.7 Å². The number of carbonyl (C=O) groups excluding carboxylic acids is 2. The quantitative estimate of drug-likeness (QED) is 0.378. The van der Waals surface area contributed by atoms with Gasteiger partial charge in [-0.1, -0.05) is 6.58 Å². The van der Waals surface area contributed by atoms with Gasteiger partial charge in [-0.15, -0.1) is 0 Å². The molecule has 0 aromatic carbocycles. The molecule has 5 heteroatoms. The summed E-state index contributed by atoms with van der Waals surface area (Å²) >= 11 is 0. The van der Waals surface area contributed by atoms with Crippen LogP contribution in [0.5, 0.6) is 0 Å². The van der Waals surface area contributed by atoms with E-state index >= 15 is 0 Å². The topological polar surface area (TPSA) is 75.6 Å². The zero-order valence-electron chi connectivity index (χ0n) is 8.58. The largest absolute Gasteiger partial charge is 0.462 e. The monoisotopic (exact) mass is 203 g/mol. The molecule has 1 amide bonds. The molecule has 5 nitrogen and oxygen atoms in total. The van der Waals surface area contributed by atoms with E-state index in [1.54, 1.807) is 7.05 Å². The second-order valence-corrected chi connectivity index (χ2v) is 2.25. The third kappa shape index (κ3) is 16.9. The van der Waals surface area contributed by atoms with Crippen LogP contribution in [0, 0.1) is 0 Å². The van der Waals surface area contributed by atoms with E-state index < -0.39 is 5.97 Å². The Morgan fingerprint density at radius 1 is 1.57 bits per heavy atom. The minimum Gasteiger partial charge on any atom is -0.462 e. The number of aliphatic hydroxyl groups is 1. The molecule has 0 bridgehead atoms. The second kappa shape index (κ2) is 11.6. The zero-order chi connectivity index (χ0) is 11.4. The van der Waals surface area contributed by atoms with Gasteiger partial charge in [-0.2, -0.15) is 0 Å². The van der Waals surface area contributed by atoms with Crippen molar-refractivity contribution >= 4 is 11.9 Å². The molecular formula is C9H17NO4. The summed E-state index contributed by atoms with van der Waals surface area (Å²) in [5.74, 6) is -0.437. The molecule has 0 radical (unpaired) electrons. The molecule has 0 atom stereocenters. The van der Waals surface area contributed by atoms with Crippen LogP contribution in [0.2, 0.25) is 0 Å². The molecule has 14 heavy (non-hydrogen) atoms. The van der Waals surface area contributed by atoms with Crippen LogP contribution in [0.25, 0.3) is 0 Å². The molecule has 0 saturated carbocycles. The summed E-state index contributed by atoms with van der Waals surface area (Å²) < 4.78 is 4.51. The number of hydrogen-bond acceptors (Lipinski definition) is 4. The number of carbonyl (C=O) groups is 2. The minimum absolute atomic E-state index is 0.00463. The Kier molecular flexibility index (Phi) is 12.6. The number of nitrogens with one attached hydrogen (secondary N) is 1. The van der Waals surface area contributed by atoms with Crippen LogP contribution in [0.1, 0.15) is 13.3 Å². The Morgan fingerprint density at radius 3 is 2.36 bits per heavy atom. The van der Waals surface area contributed by atoms with Gasteiger partial charge in [0.05, 0.1) is 6.61 Å². The Bertz CT molecular complexity index is 180. The molecule has 82 valence electrons. The van der Waals surface area contributed by atoms with Crippen LogP contribution < -0.4 is 5.32 Å². The fraction of sp³-hybridized carbons (Fsp3) is 0.556. The maximum Gasteiger partial charge on any atom is 0.330 e. The molecular weight excluding hydrogens is 186 g/mol. The van der Waals surface area contributed by atoms with Crippen LogP contribution in [0.3, 0.4) is 0 Å². The summed E-state index contributed by atoms with van der Waals surface area (Å²) in [5, 5.41) is 10.6. The third-order valence-corrected chi connectivity index (χ3v) is 1.07. The van der Waals surface area contributed by atoms with Crippen LogP contribution >= 0.6 is 0 Å². The minimum atomic E-state index is -0.441. The lowest BCUT2D eigenvalue weighted by atomic mass is 10.5. The number of ether oxygens (including phenoxy) is 1. The normalized spacial score (nSPS) is 7.93. The average molecular weight is 203 g/mol. The van der Waals surface area contributed by atoms with E-state index in [1.807, 2.05) is 0 Å². The number of aliphatic hydroxyl groups excluding tert-OH is 1. The fourth-order valence-corrected chi connectivity index (χ4v) is 0.296. The van der Waals surface area contributed by atoms with Crippen molar-refractivity contribution < 1.29 is 19.4 Å². The second-order valence-electron chi connectivity index (χ2n) is 2.25. The molecule has 0 aliphatic rings. The Morgan fingerprint density at radius 2 is 2.07 bits per heavy atom.